The van der Waals surface area contributed by atoms with Gasteiger partial charge in [0.25, 0.3) is 11.8 Å². The second-order valence-electron chi connectivity index (χ2n) is 9.46. The Morgan fingerprint density at radius 2 is 1.84 bits per heavy atom. The van der Waals surface area contributed by atoms with E-state index in [1.54, 1.807) is 35.2 Å². The molecule has 2 N–H and O–H groups in total. The Hall–Kier alpha value is -4.17. The normalized spacial score (nSPS) is 14.4. The third-order valence-corrected chi connectivity index (χ3v) is 8.08. The Labute approximate surface area is 218 Å². The van der Waals surface area contributed by atoms with Crippen molar-refractivity contribution in [3.63, 3.8) is 0 Å². The zero-order valence-corrected chi connectivity index (χ0v) is 20.8. The third-order valence-electron chi connectivity index (χ3n) is 6.82. The number of nitrogens with two attached hydrogens (primary N) is 1. The van der Waals surface area contributed by atoms with Crippen LogP contribution in [0.3, 0.4) is 0 Å². The third kappa shape index (κ3) is 4.56. The van der Waals surface area contributed by atoms with Gasteiger partial charge < -0.3 is 10.6 Å². The number of Topliss-reactive ketones (excluding diaryl/α,β-unsaturated/α-hetero) is 1. The molecule has 4 heterocycles. The zero-order valence-electron chi connectivity index (χ0n) is 20.0. The molecular formula is C29H24N4O3S. The van der Waals surface area contributed by atoms with Gasteiger partial charge in [-0.2, -0.15) is 0 Å². The molecule has 0 bridgehead atoms. The van der Waals surface area contributed by atoms with Gasteiger partial charge in [0, 0.05) is 35.2 Å². The highest BCUT2D eigenvalue weighted by molar-refractivity contribution is 7.17. The lowest BCUT2D eigenvalue weighted by molar-refractivity contribution is 0.0972. The van der Waals surface area contributed by atoms with Gasteiger partial charge in [-0.3, -0.25) is 19.4 Å². The number of benzene rings is 1. The topological polar surface area (TPSA) is 106 Å². The number of aromatic nitrogens is 2. The summed E-state index contributed by atoms with van der Waals surface area (Å²) in [6.45, 7) is 0.483. The van der Waals surface area contributed by atoms with Crippen LogP contribution in [0.15, 0.2) is 66.9 Å². The van der Waals surface area contributed by atoms with Crippen molar-refractivity contribution in [3.8, 4) is 21.7 Å². The number of carbonyl (C=O) groups excluding carboxylic acids is 3. The van der Waals surface area contributed by atoms with Crippen molar-refractivity contribution in [2.24, 2.45) is 11.7 Å². The number of hydrogen-bond donors (Lipinski definition) is 1. The summed E-state index contributed by atoms with van der Waals surface area (Å²) in [6.07, 6.45) is 5.12. The number of rotatable bonds is 6. The predicted molar refractivity (Wildman–Crippen MR) is 143 cm³/mol. The number of para-hydroxylation sites is 1. The van der Waals surface area contributed by atoms with Gasteiger partial charge in [0.2, 0.25) is 0 Å². The number of carbonyl (C=O) groups is 3. The Kier molecular flexibility index (Phi) is 5.88. The minimum atomic E-state index is -0.601. The minimum absolute atomic E-state index is 0.169. The number of primary amides is 1. The van der Waals surface area contributed by atoms with E-state index in [4.69, 9.17) is 5.73 Å². The van der Waals surface area contributed by atoms with Crippen molar-refractivity contribution in [3.05, 3.63) is 88.7 Å². The zero-order chi connectivity index (χ0) is 25.5. The Morgan fingerprint density at radius 1 is 1.00 bits per heavy atom. The van der Waals surface area contributed by atoms with E-state index in [2.05, 4.69) is 9.97 Å². The molecule has 0 radical (unpaired) electrons. The molecule has 37 heavy (non-hydrogen) atoms. The summed E-state index contributed by atoms with van der Waals surface area (Å²) in [4.78, 5) is 50.2. The molecule has 0 unspecified atom stereocenters. The number of amides is 2. The molecule has 1 aromatic carbocycles. The summed E-state index contributed by atoms with van der Waals surface area (Å²) in [5.41, 5.74) is 9.91. The highest BCUT2D eigenvalue weighted by Gasteiger charge is 2.30. The second kappa shape index (κ2) is 9.37. The maximum Gasteiger partial charge on any atom is 0.276 e. The van der Waals surface area contributed by atoms with E-state index in [1.165, 1.54) is 17.5 Å². The van der Waals surface area contributed by atoms with Crippen LogP contribution in [0, 0.1) is 5.92 Å². The molecule has 8 heteroatoms. The van der Waals surface area contributed by atoms with E-state index in [0.717, 1.165) is 39.4 Å². The SMILES string of the molecule is NC(=O)c1ccc(-c2cccc(C(=O)N3CCc4cc(C(=O)CC5CC5)sc4-c4ccccc43)n2)cn1. The lowest BCUT2D eigenvalue weighted by atomic mass is 10.1. The van der Waals surface area contributed by atoms with Crippen LogP contribution in [0.25, 0.3) is 21.7 Å². The lowest BCUT2D eigenvalue weighted by Gasteiger charge is -2.23. The predicted octanol–water partition coefficient (Wildman–Crippen LogP) is 5.16. The van der Waals surface area contributed by atoms with E-state index in [-0.39, 0.29) is 17.4 Å². The number of fused-ring (bicyclic) bond motifs is 3. The average molecular weight is 509 g/mol. The number of hydrogen-bond acceptors (Lipinski definition) is 6. The van der Waals surface area contributed by atoms with Crippen LogP contribution in [0.2, 0.25) is 0 Å². The van der Waals surface area contributed by atoms with Crippen LogP contribution in [0.5, 0.6) is 0 Å². The molecule has 2 amide bonds. The highest BCUT2D eigenvalue weighted by atomic mass is 32.1. The summed E-state index contributed by atoms with van der Waals surface area (Å²) in [7, 11) is 0. The molecule has 0 saturated heterocycles. The smallest absolute Gasteiger partial charge is 0.276 e. The molecule has 1 saturated carbocycles. The fourth-order valence-corrected chi connectivity index (χ4v) is 5.87. The van der Waals surface area contributed by atoms with Crippen molar-refractivity contribution in [2.45, 2.75) is 25.7 Å². The van der Waals surface area contributed by atoms with Crippen LogP contribution in [0.1, 0.15) is 55.5 Å². The van der Waals surface area contributed by atoms with Gasteiger partial charge in [0.05, 0.1) is 16.3 Å². The summed E-state index contributed by atoms with van der Waals surface area (Å²) < 4.78 is 0. The summed E-state index contributed by atoms with van der Waals surface area (Å²) in [5.74, 6) is -0.0207. The average Bonchev–Trinajstić information content (AvgIpc) is 3.67. The van der Waals surface area contributed by atoms with Gasteiger partial charge in [-0.1, -0.05) is 24.3 Å². The molecular weight excluding hydrogens is 484 g/mol. The quantitative estimate of drug-likeness (QED) is 0.362. The Balaban J connectivity index is 1.31. The van der Waals surface area contributed by atoms with Crippen molar-refractivity contribution < 1.29 is 14.4 Å². The maximum atomic E-state index is 13.8. The van der Waals surface area contributed by atoms with Crippen molar-refractivity contribution >= 4 is 34.6 Å². The molecule has 1 aliphatic heterocycles. The first kappa shape index (κ1) is 23.2. The molecule has 0 spiro atoms. The standard InChI is InChI=1S/C29H24N4O3S/c30-28(35)22-11-10-19(16-31-22)21-5-3-6-23(32-21)29(36)33-13-12-18-15-26(25(34)14-17-8-9-17)37-27(18)20-4-1-2-7-24(20)33/h1-7,10-11,15-17H,8-9,12-14H2,(H2,30,35). The summed E-state index contributed by atoms with van der Waals surface area (Å²) >= 11 is 1.54. The van der Waals surface area contributed by atoms with Gasteiger partial charge >= 0.3 is 0 Å². The fraction of sp³-hybridized carbons (Fsp3) is 0.207. The van der Waals surface area contributed by atoms with E-state index >= 15 is 0 Å². The first-order valence-electron chi connectivity index (χ1n) is 12.3. The number of thiophene rings is 1. The van der Waals surface area contributed by atoms with E-state index in [1.807, 2.05) is 30.3 Å². The number of anilines is 1. The van der Waals surface area contributed by atoms with E-state index in [0.29, 0.717) is 42.3 Å². The maximum absolute atomic E-state index is 13.8. The van der Waals surface area contributed by atoms with Gasteiger partial charge in [-0.25, -0.2) is 4.98 Å². The highest BCUT2D eigenvalue weighted by Crippen LogP contribution is 2.43. The molecule has 4 aromatic rings. The molecule has 6 rings (SSSR count). The van der Waals surface area contributed by atoms with E-state index in [9.17, 15) is 14.4 Å². The molecule has 3 aromatic heterocycles. The number of pyridine rings is 2. The van der Waals surface area contributed by atoms with E-state index < -0.39 is 5.91 Å². The van der Waals surface area contributed by atoms with Gasteiger partial charge in [0.15, 0.2) is 5.78 Å². The Bertz CT molecular complexity index is 1540. The lowest BCUT2D eigenvalue weighted by Crippen LogP contribution is -2.33. The van der Waals surface area contributed by atoms with Crippen molar-refractivity contribution in [2.75, 3.05) is 11.4 Å². The van der Waals surface area contributed by atoms with Crippen LogP contribution in [0.4, 0.5) is 5.69 Å². The first-order chi connectivity index (χ1) is 18.0. The number of ketones is 1. The molecule has 0 atom stereocenters. The number of nitrogens with zero attached hydrogens (tertiary/aromatic N) is 3. The van der Waals surface area contributed by atoms with Gasteiger partial charge in [-0.15, -0.1) is 11.3 Å². The van der Waals surface area contributed by atoms with Crippen LogP contribution < -0.4 is 10.6 Å². The van der Waals surface area contributed by atoms with Crippen LogP contribution >= 0.6 is 11.3 Å². The molecule has 2 aliphatic rings. The Morgan fingerprint density at radius 3 is 2.59 bits per heavy atom. The molecule has 7 nitrogen and oxygen atoms in total. The molecule has 184 valence electrons. The van der Waals surface area contributed by atoms with Gasteiger partial charge in [0.1, 0.15) is 11.4 Å². The van der Waals surface area contributed by atoms with Crippen molar-refractivity contribution in [1.82, 2.24) is 9.97 Å². The van der Waals surface area contributed by atoms with Crippen LogP contribution in [-0.2, 0) is 6.42 Å². The minimum Gasteiger partial charge on any atom is -0.364 e. The monoisotopic (exact) mass is 508 g/mol. The largest absolute Gasteiger partial charge is 0.364 e. The van der Waals surface area contributed by atoms with Crippen LogP contribution in [-0.4, -0.2) is 34.1 Å². The summed E-state index contributed by atoms with van der Waals surface area (Å²) in [5, 5.41) is 0. The van der Waals surface area contributed by atoms with Gasteiger partial charge in [-0.05, 0) is 67.1 Å². The first-order valence-corrected chi connectivity index (χ1v) is 13.1. The fourth-order valence-electron chi connectivity index (χ4n) is 4.67. The molecule has 1 fully saturated rings. The second-order valence-corrected chi connectivity index (χ2v) is 10.5. The summed E-state index contributed by atoms with van der Waals surface area (Å²) in [6, 6.07) is 18.4. The van der Waals surface area contributed by atoms with Crippen molar-refractivity contribution in [1.29, 1.82) is 0 Å². The molecule has 1 aliphatic carbocycles.